The molecule has 6 nitrogen and oxygen atoms in total. The van der Waals surface area contributed by atoms with E-state index in [-0.39, 0.29) is 37.1 Å². The Morgan fingerprint density at radius 3 is 2.72 bits per heavy atom. The Morgan fingerprint density at radius 2 is 2.10 bits per heavy atom. The van der Waals surface area contributed by atoms with Crippen molar-refractivity contribution in [3.05, 3.63) is 29.1 Å². The van der Waals surface area contributed by atoms with Gasteiger partial charge in [-0.15, -0.1) is 0 Å². The molecule has 2 unspecified atom stereocenters. The van der Waals surface area contributed by atoms with Gasteiger partial charge in [0.2, 0.25) is 0 Å². The summed E-state index contributed by atoms with van der Waals surface area (Å²) in [4.78, 5) is 42.3. The van der Waals surface area contributed by atoms with E-state index in [1.54, 1.807) is 0 Å². The SMILES string of the molecule is COCCCc1nc(C(F)(F)F)ccc1C(=O)C1C(=O)[C@@H]2CCC(C#N)(C2)C1=O. The minimum atomic E-state index is -4.70. The highest BCUT2D eigenvalue weighted by Gasteiger charge is 2.59. The first-order chi connectivity index (χ1) is 13.6. The summed E-state index contributed by atoms with van der Waals surface area (Å²) in [5, 5.41) is 9.47. The van der Waals surface area contributed by atoms with Crippen LogP contribution in [0.1, 0.15) is 47.4 Å². The van der Waals surface area contributed by atoms with E-state index in [2.05, 4.69) is 4.98 Å². The first kappa shape index (κ1) is 21.1. The summed E-state index contributed by atoms with van der Waals surface area (Å²) in [5.74, 6) is -4.38. The molecule has 2 aliphatic carbocycles. The monoisotopic (exact) mass is 408 g/mol. The number of methoxy groups -OCH3 is 1. The molecule has 3 rings (SSSR count). The summed E-state index contributed by atoms with van der Waals surface area (Å²) in [6, 6.07) is 3.60. The first-order valence-corrected chi connectivity index (χ1v) is 9.24. The van der Waals surface area contributed by atoms with Crippen molar-refractivity contribution in [2.45, 2.75) is 38.3 Å². The number of hydrogen-bond acceptors (Lipinski definition) is 6. The lowest BCUT2D eigenvalue weighted by Gasteiger charge is -2.29. The fourth-order valence-electron chi connectivity index (χ4n) is 4.17. The molecular formula is C20H19F3N2O4. The van der Waals surface area contributed by atoms with Crippen LogP contribution < -0.4 is 0 Å². The smallest absolute Gasteiger partial charge is 0.385 e. The fraction of sp³-hybridized carbons (Fsp3) is 0.550. The van der Waals surface area contributed by atoms with Gasteiger partial charge < -0.3 is 4.74 Å². The second-order valence-corrected chi connectivity index (χ2v) is 7.48. The third-order valence-corrected chi connectivity index (χ3v) is 5.70. The maximum Gasteiger partial charge on any atom is 0.433 e. The Bertz CT molecular complexity index is 906. The highest BCUT2D eigenvalue weighted by molar-refractivity contribution is 6.28. The number of halogens is 3. The first-order valence-electron chi connectivity index (χ1n) is 9.24. The Kier molecular flexibility index (Phi) is 5.59. The second kappa shape index (κ2) is 7.67. The van der Waals surface area contributed by atoms with E-state index in [0.29, 0.717) is 18.9 Å². The van der Waals surface area contributed by atoms with Crippen LogP contribution in [0.15, 0.2) is 12.1 Å². The fourth-order valence-corrected chi connectivity index (χ4v) is 4.17. The molecule has 154 valence electrons. The van der Waals surface area contributed by atoms with Gasteiger partial charge in [-0.05, 0) is 44.2 Å². The zero-order chi connectivity index (χ0) is 21.4. The van der Waals surface area contributed by atoms with Crippen molar-refractivity contribution in [2.75, 3.05) is 13.7 Å². The molecule has 1 aromatic rings. The zero-order valence-electron chi connectivity index (χ0n) is 15.7. The Balaban J connectivity index is 2.00. The van der Waals surface area contributed by atoms with Crippen LogP contribution in [-0.4, -0.2) is 36.1 Å². The number of nitrogens with zero attached hydrogens (tertiary/aromatic N) is 2. The van der Waals surface area contributed by atoms with Gasteiger partial charge >= 0.3 is 6.18 Å². The van der Waals surface area contributed by atoms with E-state index in [1.165, 1.54) is 7.11 Å². The van der Waals surface area contributed by atoms with Crippen LogP contribution in [-0.2, 0) is 26.9 Å². The summed E-state index contributed by atoms with van der Waals surface area (Å²) >= 11 is 0. The number of carbonyl (C=O) groups excluding carboxylic acids is 3. The molecule has 2 bridgehead atoms. The number of nitriles is 1. The Hall–Kier alpha value is -2.60. The average Bonchev–Trinajstić information content (AvgIpc) is 3.09. The van der Waals surface area contributed by atoms with E-state index >= 15 is 0 Å². The molecule has 9 heteroatoms. The molecule has 2 fully saturated rings. The summed E-state index contributed by atoms with van der Waals surface area (Å²) in [7, 11) is 1.43. The summed E-state index contributed by atoms with van der Waals surface area (Å²) in [5.41, 5.74) is -2.84. The van der Waals surface area contributed by atoms with Gasteiger partial charge in [-0.3, -0.25) is 14.4 Å². The lowest BCUT2D eigenvalue weighted by atomic mass is 9.67. The van der Waals surface area contributed by atoms with E-state index in [9.17, 15) is 32.8 Å². The number of aromatic nitrogens is 1. The molecule has 0 radical (unpaired) electrons. The topological polar surface area (TPSA) is 97.1 Å². The number of ether oxygens (including phenoxy) is 1. The molecule has 29 heavy (non-hydrogen) atoms. The Morgan fingerprint density at radius 1 is 1.38 bits per heavy atom. The van der Waals surface area contributed by atoms with Crippen LogP contribution in [0, 0.1) is 28.6 Å². The van der Waals surface area contributed by atoms with Gasteiger partial charge in [-0.1, -0.05) is 0 Å². The van der Waals surface area contributed by atoms with Crippen molar-refractivity contribution in [1.29, 1.82) is 5.26 Å². The lowest BCUT2D eigenvalue weighted by Crippen LogP contribution is -2.47. The van der Waals surface area contributed by atoms with Crippen LogP contribution >= 0.6 is 0 Å². The van der Waals surface area contributed by atoms with Crippen LogP contribution in [0.3, 0.4) is 0 Å². The van der Waals surface area contributed by atoms with Gasteiger partial charge in [0.25, 0.3) is 0 Å². The number of carbonyl (C=O) groups is 3. The van der Waals surface area contributed by atoms with Crippen molar-refractivity contribution < 1.29 is 32.3 Å². The minimum absolute atomic E-state index is 0.0146. The average molecular weight is 408 g/mol. The molecule has 0 saturated heterocycles. The Labute approximate surface area is 165 Å². The van der Waals surface area contributed by atoms with Crippen molar-refractivity contribution in [1.82, 2.24) is 4.98 Å². The number of alkyl halides is 3. The predicted octanol–water partition coefficient (Wildman–Crippen LogP) is 2.94. The maximum atomic E-state index is 13.1. The number of hydrogen-bond donors (Lipinski definition) is 0. The van der Waals surface area contributed by atoms with Crippen LogP contribution in [0.4, 0.5) is 13.2 Å². The zero-order valence-corrected chi connectivity index (χ0v) is 15.7. The number of fused-ring (bicyclic) bond motifs is 2. The van der Waals surface area contributed by atoms with E-state index in [0.717, 1.165) is 6.07 Å². The lowest BCUT2D eigenvalue weighted by molar-refractivity contribution is -0.142. The quantitative estimate of drug-likeness (QED) is 0.408. The molecule has 0 N–H and O–H groups in total. The van der Waals surface area contributed by atoms with Crippen molar-refractivity contribution in [2.24, 2.45) is 17.3 Å². The number of Topliss-reactive ketones (excluding diaryl/α,β-unsaturated/α-hetero) is 3. The van der Waals surface area contributed by atoms with Gasteiger partial charge in [0.1, 0.15) is 17.0 Å². The molecule has 3 atom stereocenters. The van der Waals surface area contributed by atoms with E-state index in [4.69, 9.17) is 4.74 Å². The summed E-state index contributed by atoms with van der Waals surface area (Å²) in [6.45, 7) is 0.243. The van der Waals surface area contributed by atoms with Crippen LogP contribution in [0.25, 0.3) is 0 Å². The van der Waals surface area contributed by atoms with Gasteiger partial charge in [-0.25, -0.2) is 4.98 Å². The standard InChI is InChI=1S/C20H19F3N2O4/c1-29-8-2-3-13-12(4-5-14(25-13)20(21,22)23)17(27)15-16(26)11-6-7-19(9-11,10-24)18(15)28/h4-5,11,15H,2-3,6-9H2,1H3/t11-,15?,19?/m1/s1. The molecule has 2 saturated carbocycles. The van der Waals surface area contributed by atoms with Crippen LogP contribution in [0.2, 0.25) is 0 Å². The van der Waals surface area contributed by atoms with Gasteiger partial charge in [0.05, 0.1) is 11.8 Å². The van der Waals surface area contributed by atoms with Gasteiger partial charge in [0, 0.05) is 25.2 Å². The number of ketones is 3. The molecular weight excluding hydrogens is 389 g/mol. The summed E-state index contributed by atoms with van der Waals surface area (Å²) < 4.78 is 44.1. The molecule has 2 aliphatic rings. The minimum Gasteiger partial charge on any atom is -0.385 e. The van der Waals surface area contributed by atoms with Crippen molar-refractivity contribution in [3.8, 4) is 6.07 Å². The second-order valence-electron chi connectivity index (χ2n) is 7.48. The molecule has 0 aromatic carbocycles. The van der Waals surface area contributed by atoms with E-state index in [1.807, 2.05) is 6.07 Å². The number of aryl methyl sites for hydroxylation is 1. The molecule has 1 heterocycles. The molecule has 0 aliphatic heterocycles. The van der Waals surface area contributed by atoms with E-state index < -0.39 is 46.5 Å². The normalized spacial score (nSPS) is 26.4. The molecule has 0 amide bonds. The number of rotatable bonds is 6. The largest absolute Gasteiger partial charge is 0.433 e. The van der Waals surface area contributed by atoms with Gasteiger partial charge in [0.15, 0.2) is 17.3 Å². The summed E-state index contributed by atoms with van der Waals surface area (Å²) in [6.07, 6.45) is -3.69. The highest BCUT2D eigenvalue weighted by Crippen LogP contribution is 2.50. The predicted molar refractivity (Wildman–Crippen MR) is 92.7 cm³/mol. The molecule has 0 spiro atoms. The van der Waals surface area contributed by atoms with Crippen molar-refractivity contribution >= 4 is 17.3 Å². The van der Waals surface area contributed by atoms with Crippen LogP contribution in [0.5, 0.6) is 0 Å². The third-order valence-electron chi connectivity index (χ3n) is 5.70. The molecule has 1 aromatic heterocycles. The number of pyridine rings is 1. The maximum absolute atomic E-state index is 13.1. The highest BCUT2D eigenvalue weighted by atomic mass is 19.4. The third kappa shape index (κ3) is 3.69. The van der Waals surface area contributed by atoms with Crippen molar-refractivity contribution in [3.63, 3.8) is 0 Å². The van der Waals surface area contributed by atoms with Gasteiger partial charge in [-0.2, -0.15) is 18.4 Å².